The molecule has 1 aromatic carbocycles. The van der Waals surface area contributed by atoms with E-state index in [1.165, 1.54) is 19.2 Å². The molecule has 0 unspecified atom stereocenters. The second kappa shape index (κ2) is 7.31. The van der Waals surface area contributed by atoms with Crippen molar-refractivity contribution < 1.29 is 4.79 Å². The molecular formula is C20H23N7O2. The van der Waals surface area contributed by atoms with E-state index in [1.54, 1.807) is 11.2 Å². The number of aromatic amines is 1. The summed E-state index contributed by atoms with van der Waals surface area (Å²) in [5.41, 5.74) is 1.80. The molecule has 2 aromatic heterocycles. The van der Waals surface area contributed by atoms with Crippen LogP contribution in [0.3, 0.4) is 0 Å². The van der Waals surface area contributed by atoms with Gasteiger partial charge in [0.05, 0.1) is 17.2 Å². The quantitative estimate of drug-likeness (QED) is 0.725. The molecule has 1 N–H and O–H groups in total. The lowest BCUT2D eigenvalue weighted by Gasteiger charge is -2.35. The summed E-state index contributed by atoms with van der Waals surface area (Å²) in [7, 11) is 0. The maximum Gasteiger partial charge on any atom is 0.291 e. The predicted molar refractivity (Wildman–Crippen MR) is 108 cm³/mol. The molecule has 1 saturated carbocycles. The van der Waals surface area contributed by atoms with Gasteiger partial charge in [-0.3, -0.25) is 19.3 Å². The van der Waals surface area contributed by atoms with Crippen molar-refractivity contribution >= 4 is 22.5 Å². The zero-order chi connectivity index (χ0) is 19.8. The zero-order valence-electron chi connectivity index (χ0n) is 16.1. The molecule has 0 bridgehead atoms. The Balaban J connectivity index is 1.33. The van der Waals surface area contributed by atoms with Crippen molar-refractivity contribution in [2.24, 2.45) is 0 Å². The lowest BCUT2D eigenvalue weighted by molar-refractivity contribution is 0.0735. The summed E-state index contributed by atoms with van der Waals surface area (Å²) in [5, 5.41) is 7.03. The number of H-pyrrole nitrogens is 1. The molecule has 0 atom stereocenters. The summed E-state index contributed by atoms with van der Waals surface area (Å²) in [5.74, 6) is 0.140. The number of carbonyl (C=O) groups excluding carboxylic acids is 1. The number of benzene rings is 1. The van der Waals surface area contributed by atoms with Crippen LogP contribution < -0.4 is 10.5 Å². The minimum atomic E-state index is -0.130. The molecule has 9 nitrogen and oxygen atoms in total. The first-order valence-electron chi connectivity index (χ1n) is 10.1. The van der Waals surface area contributed by atoms with Crippen molar-refractivity contribution in [3.8, 4) is 0 Å². The van der Waals surface area contributed by atoms with Gasteiger partial charge < -0.3 is 9.80 Å². The van der Waals surface area contributed by atoms with E-state index in [0.29, 0.717) is 31.6 Å². The van der Waals surface area contributed by atoms with Gasteiger partial charge >= 0.3 is 0 Å². The largest absolute Gasteiger partial charge is 0.368 e. The number of hydrogen-bond acceptors (Lipinski definition) is 6. The molecule has 1 saturated heterocycles. The summed E-state index contributed by atoms with van der Waals surface area (Å²) < 4.78 is 1.81. The highest BCUT2D eigenvalue weighted by Crippen LogP contribution is 2.28. The highest BCUT2D eigenvalue weighted by molar-refractivity contribution is 5.90. The molecule has 9 heteroatoms. The average molecular weight is 393 g/mol. The Morgan fingerprint density at radius 3 is 2.59 bits per heavy atom. The Morgan fingerprint density at radius 1 is 1.07 bits per heavy atom. The third-order valence-electron chi connectivity index (χ3n) is 6.04. The van der Waals surface area contributed by atoms with Crippen LogP contribution >= 0.6 is 0 Å². The Kier molecular flexibility index (Phi) is 4.49. The summed E-state index contributed by atoms with van der Waals surface area (Å²) in [4.78, 5) is 37.8. The molecular weight excluding hydrogens is 370 g/mol. The molecule has 2 aliphatic rings. The van der Waals surface area contributed by atoms with Gasteiger partial charge in [0.15, 0.2) is 0 Å². The van der Waals surface area contributed by atoms with Gasteiger partial charge in [0, 0.05) is 37.9 Å². The molecule has 1 amide bonds. The van der Waals surface area contributed by atoms with E-state index in [9.17, 15) is 9.59 Å². The number of fused-ring (bicyclic) bond motifs is 1. The first kappa shape index (κ1) is 17.8. The molecule has 3 heterocycles. The van der Waals surface area contributed by atoms with Crippen LogP contribution in [0.25, 0.3) is 10.9 Å². The first-order valence-corrected chi connectivity index (χ1v) is 10.1. The summed E-state index contributed by atoms with van der Waals surface area (Å²) in [6.07, 6.45) is 7.52. The normalized spacial score (nSPS) is 17.9. The second-order valence-corrected chi connectivity index (χ2v) is 7.71. The molecule has 0 radical (unpaired) electrons. The van der Waals surface area contributed by atoms with E-state index in [2.05, 4.69) is 25.1 Å². The SMILES string of the molecule is O=C(c1ncn[nH]1)N1CCN(c2ccc3c(=O)n(C4CCCC4)cnc3c2)CC1. The molecule has 5 rings (SSSR count). The van der Waals surface area contributed by atoms with Gasteiger partial charge in [-0.25, -0.2) is 9.97 Å². The number of carbonyl (C=O) groups is 1. The Bertz CT molecular complexity index is 1080. The standard InChI is InChI=1S/C20H23N7O2/c28-19-16-6-5-15(11-17(16)22-13-27(19)14-3-1-2-4-14)25-7-9-26(10-8-25)20(29)18-21-12-23-24-18/h5-6,11-14H,1-4,7-10H2,(H,21,23,24). The Morgan fingerprint density at radius 2 is 1.86 bits per heavy atom. The number of rotatable bonds is 3. The Hall–Kier alpha value is -3.23. The van der Waals surface area contributed by atoms with Gasteiger partial charge in [-0.1, -0.05) is 12.8 Å². The maximum atomic E-state index is 12.9. The molecule has 3 aromatic rings. The minimum Gasteiger partial charge on any atom is -0.368 e. The van der Waals surface area contributed by atoms with Crippen LogP contribution in [0.5, 0.6) is 0 Å². The molecule has 1 aliphatic carbocycles. The number of aromatic nitrogens is 5. The van der Waals surface area contributed by atoms with Crippen molar-refractivity contribution in [3.05, 3.63) is 47.0 Å². The first-order chi connectivity index (χ1) is 14.2. The maximum absolute atomic E-state index is 12.9. The average Bonchev–Trinajstić information content (AvgIpc) is 3.48. The van der Waals surface area contributed by atoms with Crippen molar-refractivity contribution in [1.82, 2.24) is 29.6 Å². The number of nitrogens with zero attached hydrogens (tertiary/aromatic N) is 6. The smallest absolute Gasteiger partial charge is 0.291 e. The second-order valence-electron chi connectivity index (χ2n) is 7.71. The summed E-state index contributed by atoms with van der Waals surface area (Å²) in [6.45, 7) is 2.64. The highest BCUT2D eigenvalue weighted by atomic mass is 16.2. The molecule has 29 heavy (non-hydrogen) atoms. The topological polar surface area (TPSA) is 100 Å². The van der Waals surface area contributed by atoms with E-state index in [1.807, 2.05) is 22.8 Å². The van der Waals surface area contributed by atoms with Gasteiger partial charge in [0.2, 0.25) is 5.82 Å². The van der Waals surface area contributed by atoms with Gasteiger partial charge in [0.25, 0.3) is 11.5 Å². The van der Waals surface area contributed by atoms with Crippen molar-refractivity contribution in [2.75, 3.05) is 31.1 Å². The molecule has 1 aliphatic heterocycles. The van der Waals surface area contributed by atoms with E-state index in [-0.39, 0.29) is 23.3 Å². The van der Waals surface area contributed by atoms with Gasteiger partial charge in [0.1, 0.15) is 6.33 Å². The molecule has 0 spiro atoms. The van der Waals surface area contributed by atoms with Gasteiger partial charge in [-0.2, -0.15) is 5.10 Å². The van der Waals surface area contributed by atoms with Gasteiger partial charge in [-0.05, 0) is 31.0 Å². The van der Waals surface area contributed by atoms with Gasteiger partial charge in [-0.15, -0.1) is 0 Å². The van der Waals surface area contributed by atoms with Crippen LogP contribution in [0.15, 0.2) is 35.6 Å². The third-order valence-corrected chi connectivity index (χ3v) is 6.04. The number of hydrogen-bond donors (Lipinski definition) is 1. The monoisotopic (exact) mass is 393 g/mol. The fourth-order valence-electron chi connectivity index (χ4n) is 4.39. The lowest BCUT2D eigenvalue weighted by Crippen LogP contribution is -2.49. The summed E-state index contributed by atoms with van der Waals surface area (Å²) in [6, 6.07) is 6.13. The molecule has 150 valence electrons. The summed E-state index contributed by atoms with van der Waals surface area (Å²) >= 11 is 0. The van der Waals surface area contributed by atoms with E-state index in [4.69, 9.17) is 0 Å². The minimum absolute atomic E-state index is 0.0518. The fourth-order valence-corrected chi connectivity index (χ4v) is 4.39. The fraction of sp³-hybridized carbons (Fsp3) is 0.450. The van der Waals surface area contributed by atoms with Crippen LogP contribution in [-0.2, 0) is 0 Å². The van der Waals surface area contributed by atoms with Crippen LogP contribution in [0, 0.1) is 0 Å². The lowest BCUT2D eigenvalue weighted by atomic mass is 10.1. The van der Waals surface area contributed by atoms with E-state index >= 15 is 0 Å². The van der Waals surface area contributed by atoms with E-state index in [0.717, 1.165) is 24.0 Å². The number of anilines is 1. The number of nitrogens with one attached hydrogen (secondary N) is 1. The van der Waals surface area contributed by atoms with Crippen LogP contribution in [-0.4, -0.2) is 61.7 Å². The van der Waals surface area contributed by atoms with Crippen molar-refractivity contribution in [3.63, 3.8) is 0 Å². The zero-order valence-corrected chi connectivity index (χ0v) is 16.1. The molecule has 2 fully saturated rings. The van der Waals surface area contributed by atoms with Crippen molar-refractivity contribution in [2.45, 2.75) is 31.7 Å². The highest BCUT2D eigenvalue weighted by Gasteiger charge is 2.24. The predicted octanol–water partition coefficient (Wildman–Crippen LogP) is 1.59. The third kappa shape index (κ3) is 3.26. The number of amides is 1. The van der Waals surface area contributed by atoms with E-state index < -0.39 is 0 Å². The Labute approximate surface area is 167 Å². The van der Waals surface area contributed by atoms with Crippen LogP contribution in [0.1, 0.15) is 42.3 Å². The van der Waals surface area contributed by atoms with Crippen LogP contribution in [0.4, 0.5) is 5.69 Å². The van der Waals surface area contributed by atoms with Crippen LogP contribution in [0.2, 0.25) is 0 Å². The number of piperazine rings is 1. The van der Waals surface area contributed by atoms with Crippen molar-refractivity contribution in [1.29, 1.82) is 0 Å².